The molecule has 0 aliphatic heterocycles. The van der Waals surface area contributed by atoms with E-state index in [2.05, 4.69) is 23.3 Å². The van der Waals surface area contributed by atoms with E-state index in [1.807, 2.05) is 13.2 Å². The number of nitrogen functional groups attached to an aromatic ring is 1. The highest BCUT2D eigenvalue weighted by atomic mass is 16.5. The lowest BCUT2D eigenvalue weighted by Crippen LogP contribution is -2.44. The Labute approximate surface area is 115 Å². The second-order valence-electron chi connectivity index (χ2n) is 5.34. The number of hydrogen-bond donors (Lipinski definition) is 2. The Bertz CT molecular complexity index is 402. The van der Waals surface area contributed by atoms with Gasteiger partial charge in [0.05, 0.1) is 11.6 Å². The van der Waals surface area contributed by atoms with Crippen LogP contribution in [0.15, 0.2) is 18.3 Å². The minimum absolute atomic E-state index is 0.133. The molecule has 4 heteroatoms. The van der Waals surface area contributed by atoms with Crippen LogP contribution in [0.3, 0.4) is 0 Å². The average Bonchev–Trinajstić information content (AvgIpc) is 2.91. The van der Waals surface area contributed by atoms with Crippen LogP contribution in [0.5, 0.6) is 0 Å². The summed E-state index contributed by atoms with van der Waals surface area (Å²) >= 11 is 0. The lowest BCUT2D eigenvalue weighted by molar-refractivity contribution is -0.0366. The summed E-state index contributed by atoms with van der Waals surface area (Å²) in [6.07, 6.45) is 7.44. The molecule has 19 heavy (non-hydrogen) atoms. The molecule has 1 unspecified atom stereocenters. The lowest BCUT2D eigenvalue weighted by Gasteiger charge is -2.37. The molecule has 1 atom stereocenters. The lowest BCUT2D eigenvalue weighted by atomic mass is 9.86. The molecule has 0 amide bonds. The van der Waals surface area contributed by atoms with Gasteiger partial charge in [0.1, 0.15) is 5.82 Å². The van der Waals surface area contributed by atoms with Gasteiger partial charge in [-0.3, -0.25) is 0 Å². The predicted octanol–water partition coefficient (Wildman–Crippen LogP) is 2.66. The molecule has 0 radical (unpaired) electrons. The zero-order valence-electron chi connectivity index (χ0n) is 12.0. The van der Waals surface area contributed by atoms with Gasteiger partial charge in [-0.2, -0.15) is 0 Å². The highest BCUT2D eigenvalue weighted by molar-refractivity contribution is 5.42. The third-order valence-corrected chi connectivity index (χ3v) is 4.16. The fourth-order valence-electron chi connectivity index (χ4n) is 3.13. The Morgan fingerprint density at radius 2 is 2.21 bits per heavy atom. The minimum atomic E-state index is -0.133. The number of anilines is 1. The number of hydrogen-bond acceptors (Lipinski definition) is 4. The molecule has 1 aromatic rings. The van der Waals surface area contributed by atoms with Gasteiger partial charge in [0.15, 0.2) is 0 Å². The zero-order valence-corrected chi connectivity index (χ0v) is 12.0. The quantitative estimate of drug-likeness (QED) is 0.828. The van der Waals surface area contributed by atoms with Crippen molar-refractivity contribution < 1.29 is 4.74 Å². The van der Waals surface area contributed by atoms with E-state index in [4.69, 9.17) is 10.5 Å². The standard InChI is InChI=1S/C15H25N3O/c1-3-10-17-13(12-7-6-11-18-14(12)16)15(19-2)8-4-5-9-15/h6-7,11,13,17H,3-5,8-10H2,1-2H3,(H2,16,18). The maximum Gasteiger partial charge on any atom is 0.128 e. The second-order valence-corrected chi connectivity index (χ2v) is 5.34. The Morgan fingerprint density at radius 3 is 2.79 bits per heavy atom. The SMILES string of the molecule is CCCNC(c1cccnc1N)C1(OC)CCCC1. The van der Waals surface area contributed by atoms with Crippen LogP contribution in [0.25, 0.3) is 0 Å². The molecule has 0 saturated heterocycles. The number of nitrogens with zero attached hydrogens (tertiary/aromatic N) is 1. The first-order valence-corrected chi connectivity index (χ1v) is 7.22. The molecule has 4 nitrogen and oxygen atoms in total. The summed E-state index contributed by atoms with van der Waals surface area (Å²) in [5, 5.41) is 3.62. The number of nitrogens with two attached hydrogens (primary N) is 1. The van der Waals surface area contributed by atoms with E-state index in [1.54, 1.807) is 6.20 Å². The maximum atomic E-state index is 6.07. The molecule has 106 valence electrons. The van der Waals surface area contributed by atoms with Gasteiger partial charge < -0.3 is 15.8 Å². The summed E-state index contributed by atoms with van der Waals surface area (Å²) in [6, 6.07) is 4.15. The van der Waals surface area contributed by atoms with E-state index >= 15 is 0 Å². The molecule has 1 aliphatic rings. The minimum Gasteiger partial charge on any atom is -0.383 e. The molecule has 1 fully saturated rings. The van der Waals surface area contributed by atoms with Crippen molar-refractivity contribution in [3.8, 4) is 0 Å². The summed E-state index contributed by atoms with van der Waals surface area (Å²) < 4.78 is 5.92. The monoisotopic (exact) mass is 263 g/mol. The van der Waals surface area contributed by atoms with Crippen LogP contribution in [0.2, 0.25) is 0 Å². The number of ether oxygens (including phenoxy) is 1. The van der Waals surface area contributed by atoms with Crippen molar-refractivity contribution >= 4 is 5.82 Å². The topological polar surface area (TPSA) is 60.2 Å². The third-order valence-electron chi connectivity index (χ3n) is 4.16. The first kappa shape index (κ1) is 14.3. The van der Waals surface area contributed by atoms with Crippen LogP contribution < -0.4 is 11.1 Å². The first-order chi connectivity index (χ1) is 9.23. The predicted molar refractivity (Wildman–Crippen MR) is 77.9 cm³/mol. The molecule has 2 rings (SSSR count). The van der Waals surface area contributed by atoms with Crippen molar-refractivity contribution in [1.82, 2.24) is 10.3 Å². The van der Waals surface area contributed by atoms with E-state index in [9.17, 15) is 0 Å². The van der Waals surface area contributed by atoms with E-state index in [1.165, 1.54) is 12.8 Å². The van der Waals surface area contributed by atoms with Crippen LogP contribution >= 0.6 is 0 Å². The fourth-order valence-corrected chi connectivity index (χ4v) is 3.13. The summed E-state index contributed by atoms with van der Waals surface area (Å²) in [5.41, 5.74) is 7.00. The van der Waals surface area contributed by atoms with E-state index in [0.29, 0.717) is 5.82 Å². The largest absolute Gasteiger partial charge is 0.383 e. The summed E-state index contributed by atoms with van der Waals surface area (Å²) in [7, 11) is 1.82. The van der Waals surface area contributed by atoms with Crippen LogP contribution in [-0.4, -0.2) is 24.2 Å². The van der Waals surface area contributed by atoms with Gasteiger partial charge in [-0.15, -0.1) is 0 Å². The van der Waals surface area contributed by atoms with Gasteiger partial charge >= 0.3 is 0 Å². The Morgan fingerprint density at radius 1 is 1.47 bits per heavy atom. The van der Waals surface area contributed by atoms with E-state index in [0.717, 1.165) is 31.4 Å². The second kappa shape index (κ2) is 6.35. The molecule has 3 N–H and O–H groups in total. The smallest absolute Gasteiger partial charge is 0.128 e. The van der Waals surface area contributed by atoms with Crippen LogP contribution in [0, 0.1) is 0 Å². The maximum absolute atomic E-state index is 6.07. The molecular formula is C15H25N3O. The fraction of sp³-hybridized carbons (Fsp3) is 0.667. The first-order valence-electron chi connectivity index (χ1n) is 7.22. The van der Waals surface area contributed by atoms with Gasteiger partial charge in [0, 0.05) is 18.9 Å². The van der Waals surface area contributed by atoms with Crippen molar-refractivity contribution in [3.05, 3.63) is 23.9 Å². The normalized spacial score (nSPS) is 19.5. The molecule has 1 aliphatic carbocycles. The number of aromatic nitrogens is 1. The van der Waals surface area contributed by atoms with Crippen molar-refractivity contribution in [2.24, 2.45) is 0 Å². The van der Waals surface area contributed by atoms with E-state index < -0.39 is 0 Å². The van der Waals surface area contributed by atoms with Gasteiger partial charge in [0.25, 0.3) is 0 Å². The van der Waals surface area contributed by atoms with Crippen molar-refractivity contribution in [1.29, 1.82) is 0 Å². The van der Waals surface area contributed by atoms with Crippen LogP contribution in [0.4, 0.5) is 5.82 Å². The molecule has 1 aromatic heterocycles. The molecule has 1 heterocycles. The number of nitrogens with one attached hydrogen (secondary N) is 1. The molecule has 0 spiro atoms. The van der Waals surface area contributed by atoms with E-state index in [-0.39, 0.29) is 11.6 Å². The third kappa shape index (κ3) is 2.90. The summed E-state index contributed by atoms with van der Waals surface area (Å²) in [6.45, 7) is 3.13. The van der Waals surface area contributed by atoms with Crippen LogP contribution in [0.1, 0.15) is 50.6 Å². The number of rotatable bonds is 6. The Hall–Kier alpha value is -1.13. The molecule has 0 bridgehead atoms. The summed E-state index contributed by atoms with van der Waals surface area (Å²) in [4.78, 5) is 4.23. The molecule has 0 aromatic carbocycles. The van der Waals surface area contributed by atoms with Gasteiger partial charge in [0.2, 0.25) is 0 Å². The molecular weight excluding hydrogens is 238 g/mol. The number of methoxy groups -OCH3 is 1. The Kier molecular flexibility index (Phi) is 4.77. The summed E-state index contributed by atoms with van der Waals surface area (Å²) in [5.74, 6) is 0.611. The average molecular weight is 263 g/mol. The Balaban J connectivity index is 2.32. The molecule has 1 saturated carbocycles. The van der Waals surface area contributed by atoms with Crippen molar-refractivity contribution in [2.45, 2.75) is 50.7 Å². The van der Waals surface area contributed by atoms with Crippen molar-refractivity contribution in [3.63, 3.8) is 0 Å². The highest BCUT2D eigenvalue weighted by Crippen LogP contribution is 2.43. The van der Waals surface area contributed by atoms with Gasteiger partial charge in [-0.05, 0) is 31.9 Å². The van der Waals surface area contributed by atoms with Gasteiger partial charge in [-0.25, -0.2) is 4.98 Å². The zero-order chi connectivity index (χ0) is 13.7. The van der Waals surface area contributed by atoms with Crippen LogP contribution in [-0.2, 0) is 4.74 Å². The van der Waals surface area contributed by atoms with Crippen molar-refractivity contribution in [2.75, 3.05) is 19.4 Å². The highest BCUT2D eigenvalue weighted by Gasteiger charge is 2.42. The van der Waals surface area contributed by atoms with Gasteiger partial charge in [-0.1, -0.05) is 25.8 Å². The number of pyridine rings is 1.